The molecule has 0 aromatic carbocycles. The highest BCUT2D eigenvalue weighted by molar-refractivity contribution is 4.85. The Labute approximate surface area is 116 Å². The number of nitrogens with zero attached hydrogens (tertiary/aromatic N) is 1. The third-order valence-corrected chi connectivity index (χ3v) is 4.67. The van der Waals surface area contributed by atoms with Crippen LogP contribution in [-0.4, -0.2) is 62.0 Å². The monoisotopic (exact) mass is 268 g/mol. The second-order valence-electron chi connectivity index (χ2n) is 6.27. The molecule has 3 fully saturated rings. The van der Waals surface area contributed by atoms with Crippen LogP contribution in [0.2, 0.25) is 0 Å². The van der Waals surface area contributed by atoms with Crippen molar-refractivity contribution in [2.24, 2.45) is 0 Å². The van der Waals surface area contributed by atoms with Gasteiger partial charge in [0.05, 0.1) is 25.4 Å². The van der Waals surface area contributed by atoms with Crippen molar-refractivity contribution in [2.45, 2.75) is 63.3 Å². The lowest BCUT2D eigenvalue weighted by Crippen LogP contribution is -2.48. The fraction of sp³-hybridized carbons (Fsp3) is 1.00. The van der Waals surface area contributed by atoms with Crippen molar-refractivity contribution in [1.82, 2.24) is 10.2 Å². The Balaban J connectivity index is 1.39. The maximum atomic E-state index is 6.19. The van der Waals surface area contributed by atoms with Gasteiger partial charge in [0.2, 0.25) is 0 Å². The molecule has 0 amide bonds. The van der Waals surface area contributed by atoms with Gasteiger partial charge in [0, 0.05) is 31.7 Å². The summed E-state index contributed by atoms with van der Waals surface area (Å²) in [5, 5.41) is 3.58. The van der Waals surface area contributed by atoms with Crippen LogP contribution in [0, 0.1) is 0 Å². The molecular weight excluding hydrogens is 240 g/mol. The molecule has 2 aliphatic heterocycles. The lowest BCUT2D eigenvalue weighted by atomic mass is 10.1. The number of ether oxygens (including phenoxy) is 2. The molecule has 4 heteroatoms. The highest BCUT2D eigenvalue weighted by atomic mass is 16.5. The Hall–Kier alpha value is -0.160. The molecule has 3 atom stereocenters. The third-order valence-electron chi connectivity index (χ3n) is 4.67. The summed E-state index contributed by atoms with van der Waals surface area (Å²) >= 11 is 0. The average molecular weight is 268 g/mol. The van der Waals surface area contributed by atoms with Gasteiger partial charge in [-0.2, -0.15) is 0 Å². The van der Waals surface area contributed by atoms with Crippen molar-refractivity contribution in [1.29, 1.82) is 0 Å². The van der Waals surface area contributed by atoms with E-state index in [1.165, 1.54) is 32.1 Å². The summed E-state index contributed by atoms with van der Waals surface area (Å²) < 4.78 is 11.8. The SMILES string of the molecule is CCC1COCCN1CC1CCC(CNC2CC2)O1. The molecule has 0 radical (unpaired) electrons. The summed E-state index contributed by atoms with van der Waals surface area (Å²) in [5.41, 5.74) is 0. The Bertz CT molecular complexity index is 283. The summed E-state index contributed by atoms with van der Waals surface area (Å²) in [6.45, 7) is 7.27. The lowest BCUT2D eigenvalue weighted by Gasteiger charge is -2.36. The lowest BCUT2D eigenvalue weighted by molar-refractivity contribution is -0.0414. The zero-order chi connectivity index (χ0) is 13.1. The van der Waals surface area contributed by atoms with E-state index in [1.807, 2.05) is 0 Å². The summed E-state index contributed by atoms with van der Waals surface area (Å²) in [7, 11) is 0. The van der Waals surface area contributed by atoms with Crippen LogP contribution < -0.4 is 5.32 Å². The average Bonchev–Trinajstić information content (AvgIpc) is 3.17. The molecule has 19 heavy (non-hydrogen) atoms. The molecule has 1 N–H and O–H groups in total. The summed E-state index contributed by atoms with van der Waals surface area (Å²) in [4.78, 5) is 2.57. The van der Waals surface area contributed by atoms with Crippen molar-refractivity contribution < 1.29 is 9.47 Å². The highest BCUT2D eigenvalue weighted by Gasteiger charge is 2.31. The largest absolute Gasteiger partial charge is 0.378 e. The Morgan fingerprint density at radius 1 is 1.16 bits per heavy atom. The van der Waals surface area contributed by atoms with Crippen LogP contribution in [0.15, 0.2) is 0 Å². The van der Waals surface area contributed by atoms with Gasteiger partial charge in [0.1, 0.15) is 0 Å². The van der Waals surface area contributed by atoms with E-state index in [9.17, 15) is 0 Å². The first kappa shape index (κ1) is 13.8. The minimum Gasteiger partial charge on any atom is -0.378 e. The van der Waals surface area contributed by atoms with Crippen LogP contribution in [0.4, 0.5) is 0 Å². The second-order valence-corrected chi connectivity index (χ2v) is 6.27. The highest BCUT2D eigenvalue weighted by Crippen LogP contribution is 2.24. The second kappa shape index (κ2) is 6.53. The van der Waals surface area contributed by atoms with Crippen molar-refractivity contribution in [3.63, 3.8) is 0 Å². The van der Waals surface area contributed by atoms with Crippen LogP contribution in [0.5, 0.6) is 0 Å². The number of nitrogens with one attached hydrogen (secondary N) is 1. The van der Waals surface area contributed by atoms with Crippen LogP contribution in [0.3, 0.4) is 0 Å². The van der Waals surface area contributed by atoms with E-state index in [1.54, 1.807) is 0 Å². The normalized spacial score (nSPS) is 36.8. The molecule has 0 aromatic heterocycles. The molecule has 2 heterocycles. The van der Waals surface area contributed by atoms with E-state index < -0.39 is 0 Å². The number of hydrogen-bond donors (Lipinski definition) is 1. The molecular formula is C15H28N2O2. The number of morpholine rings is 1. The molecule has 0 aromatic rings. The smallest absolute Gasteiger partial charge is 0.0707 e. The van der Waals surface area contributed by atoms with Gasteiger partial charge in [-0.1, -0.05) is 6.92 Å². The first-order chi connectivity index (χ1) is 9.35. The van der Waals surface area contributed by atoms with E-state index in [4.69, 9.17) is 9.47 Å². The maximum absolute atomic E-state index is 6.19. The van der Waals surface area contributed by atoms with Gasteiger partial charge in [-0.3, -0.25) is 4.90 Å². The van der Waals surface area contributed by atoms with Gasteiger partial charge >= 0.3 is 0 Å². The van der Waals surface area contributed by atoms with Crippen molar-refractivity contribution in [3.05, 3.63) is 0 Å². The first-order valence-corrected chi connectivity index (χ1v) is 8.05. The first-order valence-electron chi connectivity index (χ1n) is 8.05. The van der Waals surface area contributed by atoms with Gasteiger partial charge in [-0.15, -0.1) is 0 Å². The van der Waals surface area contributed by atoms with Gasteiger partial charge in [-0.05, 0) is 32.1 Å². The molecule has 3 rings (SSSR count). The molecule has 0 spiro atoms. The van der Waals surface area contributed by atoms with E-state index in [0.29, 0.717) is 18.2 Å². The number of rotatable bonds is 6. The Morgan fingerprint density at radius 2 is 2.00 bits per heavy atom. The number of hydrogen-bond acceptors (Lipinski definition) is 4. The fourth-order valence-electron chi connectivity index (χ4n) is 3.22. The fourth-order valence-corrected chi connectivity index (χ4v) is 3.22. The van der Waals surface area contributed by atoms with Crippen molar-refractivity contribution in [2.75, 3.05) is 32.8 Å². The quantitative estimate of drug-likeness (QED) is 0.789. The van der Waals surface area contributed by atoms with Crippen molar-refractivity contribution in [3.8, 4) is 0 Å². The minimum atomic E-state index is 0.443. The van der Waals surface area contributed by atoms with E-state index >= 15 is 0 Å². The zero-order valence-electron chi connectivity index (χ0n) is 12.1. The predicted molar refractivity (Wildman–Crippen MR) is 75.4 cm³/mol. The van der Waals surface area contributed by atoms with Crippen LogP contribution in [0.1, 0.15) is 39.0 Å². The van der Waals surface area contributed by atoms with Gasteiger partial charge in [0.25, 0.3) is 0 Å². The molecule has 4 nitrogen and oxygen atoms in total. The van der Waals surface area contributed by atoms with Gasteiger partial charge in [0.15, 0.2) is 0 Å². The Morgan fingerprint density at radius 3 is 2.79 bits per heavy atom. The van der Waals surface area contributed by atoms with Crippen molar-refractivity contribution >= 4 is 0 Å². The zero-order valence-corrected chi connectivity index (χ0v) is 12.1. The Kier molecular flexibility index (Phi) is 4.74. The molecule has 3 aliphatic rings. The summed E-state index contributed by atoms with van der Waals surface area (Å²) in [5.74, 6) is 0. The third kappa shape index (κ3) is 3.91. The van der Waals surface area contributed by atoms with Gasteiger partial charge in [-0.25, -0.2) is 0 Å². The molecule has 1 aliphatic carbocycles. The summed E-state index contributed by atoms with van der Waals surface area (Å²) in [6.07, 6.45) is 7.25. The molecule has 2 saturated heterocycles. The van der Waals surface area contributed by atoms with E-state index in [-0.39, 0.29) is 0 Å². The molecule has 0 bridgehead atoms. The van der Waals surface area contributed by atoms with Crippen LogP contribution in [0.25, 0.3) is 0 Å². The van der Waals surface area contributed by atoms with E-state index in [2.05, 4.69) is 17.1 Å². The van der Waals surface area contributed by atoms with Crippen LogP contribution >= 0.6 is 0 Å². The molecule has 110 valence electrons. The topological polar surface area (TPSA) is 33.7 Å². The molecule has 1 saturated carbocycles. The van der Waals surface area contributed by atoms with Crippen LogP contribution in [-0.2, 0) is 9.47 Å². The van der Waals surface area contributed by atoms with Gasteiger partial charge < -0.3 is 14.8 Å². The standard InChI is InChI=1S/C15H28N2O2/c1-2-13-11-18-8-7-17(13)10-15-6-5-14(19-15)9-16-12-3-4-12/h12-16H,2-11H2,1H3. The predicted octanol–water partition coefficient (Wildman–Crippen LogP) is 1.40. The minimum absolute atomic E-state index is 0.443. The maximum Gasteiger partial charge on any atom is 0.0707 e. The van der Waals surface area contributed by atoms with E-state index in [0.717, 1.165) is 38.9 Å². The molecule has 3 unspecified atom stereocenters. The summed E-state index contributed by atoms with van der Waals surface area (Å²) in [6, 6.07) is 1.40.